The van der Waals surface area contributed by atoms with Crippen molar-refractivity contribution >= 4 is 17.6 Å². The minimum Gasteiger partial charge on any atom is -0.494 e. The maximum absolute atomic E-state index is 12.5. The van der Waals surface area contributed by atoms with Gasteiger partial charge < -0.3 is 15.0 Å². The lowest BCUT2D eigenvalue weighted by Crippen LogP contribution is -2.41. The summed E-state index contributed by atoms with van der Waals surface area (Å²) in [6.07, 6.45) is 6.27. The summed E-state index contributed by atoms with van der Waals surface area (Å²) in [5.74, 6) is 0.946. The van der Waals surface area contributed by atoms with Gasteiger partial charge in [-0.3, -0.25) is 19.1 Å². The molecule has 1 aliphatic heterocycles. The largest absolute Gasteiger partial charge is 0.494 e. The van der Waals surface area contributed by atoms with E-state index in [1.54, 1.807) is 48.4 Å². The number of ether oxygens (including phenoxy) is 1. The maximum Gasteiger partial charge on any atom is 0.254 e. The number of piperidine rings is 1. The van der Waals surface area contributed by atoms with Crippen LogP contribution in [0.1, 0.15) is 59.7 Å². The minimum absolute atomic E-state index is 0.0131. The van der Waals surface area contributed by atoms with Crippen LogP contribution in [0.3, 0.4) is 0 Å². The van der Waals surface area contributed by atoms with E-state index in [1.807, 2.05) is 11.8 Å². The molecule has 1 fully saturated rings. The number of amides is 2. The number of aryl methyl sites for hydroxylation is 1. The van der Waals surface area contributed by atoms with Crippen LogP contribution in [-0.2, 0) is 11.8 Å². The van der Waals surface area contributed by atoms with Crippen LogP contribution in [0.25, 0.3) is 0 Å². The van der Waals surface area contributed by atoms with Crippen molar-refractivity contribution in [2.24, 2.45) is 13.0 Å². The molecule has 0 aliphatic carbocycles. The zero-order chi connectivity index (χ0) is 22.9. The van der Waals surface area contributed by atoms with Gasteiger partial charge in [0.25, 0.3) is 5.91 Å². The number of rotatable bonds is 10. The van der Waals surface area contributed by atoms with Gasteiger partial charge in [-0.1, -0.05) is 6.92 Å². The molecule has 32 heavy (non-hydrogen) atoms. The Hall–Kier alpha value is -3.16. The Morgan fingerprint density at radius 3 is 2.44 bits per heavy atom. The second-order valence-corrected chi connectivity index (χ2v) is 8.23. The SMILES string of the molecule is CCCOc1ccc(C(=O)CCC(=O)N2CCC(CNC(=O)c3cnn(C)c3)CC2)cc1. The van der Waals surface area contributed by atoms with E-state index in [-0.39, 0.29) is 30.4 Å². The molecular weight excluding hydrogens is 408 g/mol. The van der Waals surface area contributed by atoms with Gasteiger partial charge in [0.1, 0.15) is 5.75 Å². The first-order valence-electron chi connectivity index (χ1n) is 11.3. The normalized spacial score (nSPS) is 14.2. The average molecular weight is 441 g/mol. The van der Waals surface area contributed by atoms with Crippen molar-refractivity contribution in [2.75, 3.05) is 26.2 Å². The van der Waals surface area contributed by atoms with Crippen LogP contribution in [-0.4, -0.2) is 58.5 Å². The van der Waals surface area contributed by atoms with Crippen molar-refractivity contribution < 1.29 is 19.1 Å². The van der Waals surface area contributed by atoms with Crippen molar-refractivity contribution in [3.05, 3.63) is 47.8 Å². The minimum atomic E-state index is -0.125. The molecule has 3 rings (SSSR count). The summed E-state index contributed by atoms with van der Waals surface area (Å²) in [6.45, 7) is 4.59. The van der Waals surface area contributed by atoms with E-state index < -0.39 is 0 Å². The Labute approximate surface area is 188 Å². The number of carbonyl (C=O) groups excluding carboxylic acids is 3. The summed E-state index contributed by atoms with van der Waals surface area (Å²) in [5, 5.41) is 6.96. The van der Waals surface area contributed by atoms with Crippen LogP contribution in [0, 0.1) is 5.92 Å². The number of Topliss-reactive ketones (excluding diaryl/α,β-unsaturated/α-hetero) is 1. The number of nitrogens with one attached hydrogen (secondary N) is 1. The van der Waals surface area contributed by atoms with Gasteiger partial charge in [0, 0.05) is 51.3 Å². The second kappa shape index (κ2) is 11.5. The molecule has 2 heterocycles. The third kappa shape index (κ3) is 6.67. The predicted octanol–water partition coefficient (Wildman–Crippen LogP) is 2.84. The molecule has 2 aromatic rings. The number of aromatic nitrogens is 2. The first-order chi connectivity index (χ1) is 15.5. The molecule has 1 N–H and O–H groups in total. The number of carbonyl (C=O) groups is 3. The lowest BCUT2D eigenvalue weighted by Gasteiger charge is -2.32. The molecular formula is C24H32N4O4. The van der Waals surface area contributed by atoms with Crippen LogP contribution < -0.4 is 10.1 Å². The monoisotopic (exact) mass is 440 g/mol. The molecule has 0 atom stereocenters. The Balaban J connectivity index is 1.36. The lowest BCUT2D eigenvalue weighted by molar-refractivity contribution is -0.132. The number of hydrogen-bond acceptors (Lipinski definition) is 5. The topological polar surface area (TPSA) is 93.5 Å². The highest BCUT2D eigenvalue weighted by molar-refractivity contribution is 5.98. The average Bonchev–Trinajstić information content (AvgIpc) is 3.26. The van der Waals surface area contributed by atoms with E-state index in [0.717, 1.165) is 25.0 Å². The highest BCUT2D eigenvalue weighted by Crippen LogP contribution is 2.19. The molecule has 2 amide bonds. The van der Waals surface area contributed by atoms with E-state index in [2.05, 4.69) is 10.4 Å². The van der Waals surface area contributed by atoms with Crippen molar-refractivity contribution in [2.45, 2.75) is 39.0 Å². The summed E-state index contributed by atoms with van der Waals surface area (Å²) in [5.41, 5.74) is 1.15. The van der Waals surface area contributed by atoms with E-state index in [4.69, 9.17) is 4.74 Å². The summed E-state index contributed by atoms with van der Waals surface area (Å²) >= 11 is 0. The molecule has 1 aliphatic rings. The van der Waals surface area contributed by atoms with Crippen LogP contribution >= 0.6 is 0 Å². The molecule has 0 saturated carbocycles. The first-order valence-corrected chi connectivity index (χ1v) is 11.3. The quantitative estimate of drug-likeness (QED) is 0.574. The molecule has 1 aromatic heterocycles. The smallest absolute Gasteiger partial charge is 0.254 e. The van der Waals surface area contributed by atoms with E-state index in [0.29, 0.717) is 43.3 Å². The first kappa shape index (κ1) is 23.5. The second-order valence-electron chi connectivity index (χ2n) is 8.23. The van der Waals surface area contributed by atoms with Gasteiger partial charge in [-0.25, -0.2) is 0 Å². The fourth-order valence-electron chi connectivity index (χ4n) is 3.74. The van der Waals surface area contributed by atoms with Gasteiger partial charge in [-0.05, 0) is 49.4 Å². The van der Waals surface area contributed by atoms with Gasteiger partial charge in [0.05, 0.1) is 18.4 Å². The highest BCUT2D eigenvalue weighted by Gasteiger charge is 2.23. The van der Waals surface area contributed by atoms with E-state index in [9.17, 15) is 14.4 Å². The van der Waals surface area contributed by atoms with Crippen molar-refractivity contribution in [1.82, 2.24) is 20.0 Å². The number of nitrogens with zero attached hydrogens (tertiary/aromatic N) is 3. The number of likely N-dealkylation sites (tertiary alicyclic amines) is 1. The summed E-state index contributed by atoms with van der Waals surface area (Å²) < 4.78 is 7.13. The fraction of sp³-hybridized carbons (Fsp3) is 0.500. The molecule has 0 bridgehead atoms. The molecule has 0 spiro atoms. The van der Waals surface area contributed by atoms with Gasteiger partial charge in [-0.2, -0.15) is 5.10 Å². The summed E-state index contributed by atoms with van der Waals surface area (Å²) in [6, 6.07) is 7.09. The van der Waals surface area contributed by atoms with Crippen LogP contribution in [0.4, 0.5) is 0 Å². The molecule has 8 nitrogen and oxygen atoms in total. The van der Waals surface area contributed by atoms with Gasteiger partial charge >= 0.3 is 0 Å². The molecule has 172 valence electrons. The Morgan fingerprint density at radius 2 is 1.81 bits per heavy atom. The molecule has 0 radical (unpaired) electrons. The number of ketones is 1. The maximum atomic E-state index is 12.5. The fourth-order valence-corrected chi connectivity index (χ4v) is 3.74. The van der Waals surface area contributed by atoms with Gasteiger partial charge in [-0.15, -0.1) is 0 Å². The summed E-state index contributed by atoms with van der Waals surface area (Å²) in [4.78, 5) is 38.9. The molecule has 0 unspecified atom stereocenters. The Morgan fingerprint density at radius 1 is 1.09 bits per heavy atom. The highest BCUT2D eigenvalue weighted by atomic mass is 16.5. The predicted molar refractivity (Wildman–Crippen MR) is 121 cm³/mol. The van der Waals surface area contributed by atoms with Crippen molar-refractivity contribution in [3.8, 4) is 5.75 Å². The molecule has 1 saturated heterocycles. The van der Waals surface area contributed by atoms with E-state index in [1.165, 1.54) is 0 Å². The Kier molecular flexibility index (Phi) is 8.41. The summed E-state index contributed by atoms with van der Waals surface area (Å²) in [7, 11) is 1.77. The van der Waals surface area contributed by atoms with Crippen LogP contribution in [0.5, 0.6) is 5.75 Å². The third-order valence-corrected chi connectivity index (χ3v) is 5.70. The van der Waals surface area contributed by atoms with Crippen LogP contribution in [0.2, 0.25) is 0 Å². The third-order valence-electron chi connectivity index (χ3n) is 5.70. The number of hydrogen-bond donors (Lipinski definition) is 1. The standard InChI is InChI=1S/C24H32N4O4/c1-3-14-32-21-6-4-19(5-7-21)22(29)8-9-23(30)28-12-10-18(11-13-28)15-25-24(31)20-16-26-27(2)17-20/h4-7,16-18H,3,8-15H2,1-2H3,(H,25,31). The van der Waals surface area contributed by atoms with Crippen molar-refractivity contribution in [3.63, 3.8) is 0 Å². The molecule has 1 aromatic carbocycles. The molecule has 8 heteroatoms. The van der Waals surface area contributed by atoms with Gasteiger partial charge in [0.15, 0.2) is 5.78 Å². The van der Waals surface area contributed by atoms with Crippen molar-refractivity contribution in [1.29, 1.82) is 0 Å². The van der Waals surface area contributed by atoms with Gasteiger partial charge in [0.2, 0.25) is 5.91 Å². The van der Waals surface area contributed by atoms with Crippen LogP contribution in [0.15, 0.2) is 36.7 Å². The Bertz CT molecular complexity index is 914. The zero-order valence-corrected chi connectivity index (χ0v) is 18.9. The lowest BCUT2D eigenvalue weighted by atomic mass is 9.96. The zero-order valence-electron chi connectivity index (χ0n) is 18.9. The number of benzene rings is 1. The van der Waals surface area contributed by atoms with E-state index >= 15 is 0 Å².